The Hall–Kier alpha value is -1.81. The molecule has 0 unspecified atom stereocenters. The Balaban J connectivity index is 1.93. The van der Waals surface area contributed by atoms with E-state index in [0.29, 0.717) is 18.9 Å². The number of benzene rings is 1. The molecule has 2 aromatic rings. The highest BCUT2D eigenvalue weighted by molar-refractivity contribution is 5.82. The lowest BCUT2D eigenvalue weighted by atomic mass is 10.1. The van der Waals surface area contributed by atoms with Crippen molar-refractivity contribution in [3.05, 3.63) is 36.0 Å². The van der Waals surface area contributed by atoms with Crippen LogP contribution in [0.5, 0.6) is 0 Å². The number of rotatable bonds is 5. The quantitative estimate of drug-likeness (QED) is 0.771. The fourth-order valence-electron chi connectivity index (χ4n) is 2.08. The molecule has 1 heterocycles. The molecule has 3 N–H and O–H groups in total. The van der Waals surface area contributed by atoms with Gasteiger partial charge in [0.25, 0.3) is 0 Å². The molecule has 0 bridgehead atoms. The van der Waals surface area contributed by atoms with E-state index in [-0.39, 0.29) is 5.91 Å². The van der Waals surface area contributed by atoms with Crippen LogP contribution in [0.15, 0.2) is 30.3 Å². The summed E-state index contributed by atoms with van der Waals surface area (Å²) in [4.78, 5) is 14.9. The van der Waals surface area contributed by atoms with Crippen LogP contribution in [-0.4, -0.2) is 22.1 Å². The van der Waals surface area contributed by atoms with Crippen LogP contribution in [0, 0.1) is 5.92 Å². The number of carbonyl (C=O) groups is 1. The summed E-state index contributed by atoms with van der Waals surface area (Å²) in [6, 6.07) is 9.96. The van der Waals surface area contributed by atoms with Crippen molar-refractivity contribution in [2.24, 2.45) is 5.92 Å². The van der Waals surface area contributed by atoms with E-state index >= 15 is 0 Å². The maximum absolute atomic E-state index is 11.7. The molecule has 1 aromatic carbocycles. The molecule has 1 atom stereocenters. The number of amides is 1. The molecule has 0 aliphatic carbocycles. The zero-order valence-electron chi connectivity index (χ0n) is 11.3. The average molecular weight is 260 g/mol. The van der Waals surface area contributed by atoms with Crippen molar-refractivity contribution in [3.8, 4) is 0 Å². The first kappa shape index (κ1) is 13.6. The minimum absolute atomic E-state index is 0.300. The van der Waals surface area contributed by atoms with Crippen LogP contribution in [0.3, 0.4) is 0 Å². The van der Waals surface area contributed by atoms with E-state index in [0.717, 1.165) is 16.6 Å². The van der Waals surface area contributed by atoms with Crippen molar-refractivity contribution in [3.63, 3.8) is 0 Å². The highest BCUT2D eigenvalue weighted by Gasteiger charge is 2.16. The lowest BCUT2D eigenvalue weighted by Gasteiger charge is -2.12. The normalized spacial score (nSPS) is 12.8. The van der Waals surface area contributed by atoms with Gasteiger partial charge in [0.1, 0.15) is 6.10 Å². The molecule has 4 nitrogen and oxygen atoms in total. The second-order valence-corrected chi connectivity index (χ2v) is 5.24. The van der Waals surface area contributed by atoms with E-state index in [1.807, 2.05) is 44.2 Å². The summed E-state index contributed by atoms with van der Waals surface area (Å²) in [5.41, 5.74) is 1.99. The van der Waals surface area contributed by atoms with Gasteiger partial charge < -0.3 is 15.4 Å². The molecule has 1 amide bonds. The Morgan fingerprint density at radius 2 is 2.11 bits per heavy atom. The summed E-state index contributed by atoms with van der Waals surface area (Å²) >= 11 is 0. The fraction of sp³-hybridized carbons (Fsp3) is 0.400. The summed E-state index contributed by atoms with van der Waals surface area (Å²) < 4.78 is 0. The van der Waals surface area contributed by atoms with Gasteiger partial charge in [-0.3, -0.25) is 4.79 Å². The van der Waals surface area contributed by atoms with Crippen LogP contribution in [0.2, 0.25) is 0 Å². The van der Waals surface area contributed by atoms with Gasteiger partial charge in [-0.25, -0.2) is 0 Å². The first-order valence-corrected chi connectivity index (χ1v) is 6.58. The monoisotopic (exact) mass is 260 g/mol. The predicted molar refractivity (Wildman–Crippen MR) is 75.6 cm³/mol. The van der Waals surface area contributed by atoms with Gasteiger partial charge in [0.05, 0.1) is 6.54 Å². The molecular weight excluding hydrogens is 240 g/mol. The maximum Gasteiger partial charge on any atom is 0.249 e. The van der Waals surface area contributed by atoms with E-state index in [1.54, 1.807) is 0 Å². The molecule has 0 aliphatic rings. The van der Waals surface area contributed by atoms with Gasteiger partial charge >= 0.3 is 0 Å². The van der Waals surface area contributed by atoms with Crippen LogP contribution in [0.25, 0.3) is 10.9 Å². The topological polar surface area (TPSA) is 65.1 Å². The molecular formula is C15H20N2O2. The van der Waals surface area contributed by atoms with Crippen LogP contribution in [0.1, 0.15) is 26.0 Å². The number of carbonyl (C=O) groups excluding carboxylic acids is 1. The number of hydrogen-bond donors (Lipinski definition) is 3. The third-order valence-electron chi connectivity index (χ3n) is 3.04. The lowest BCUT2D eigenvalue weighted by Crippen LogP contribution is -2.34. The Bertz CT molecular complexity index is 527. The van der Waals surface area contributed by atoms with Crippen LogP contribution >= 0.6 is 0 Å². The van der Waals surface area contributed by atoms with Gasteiger partial charge in [-0.1, -0.05) is 32.0 Å². The highest BCUT2D eigenvalue weighted by atomic mass is 16.3. The second-order valence-electron chi connectivity index (χ2n) is 5.24. The number of aromatic nitrogens is 1. The van der Waals surface area contributed by atoms with Gasteiger partial charge in [-0.15, -0.1) is 0 Å². The number of para-hydroxylation sites is 1. The molecule has 2 rings (SSSR count). The summed E-state index contributed by atoms with van der Waals surface area (Å²) in [6.07, 6.45) is -0.442. The minimum atomic E-state index is -0.927. The maximum atomic E-state index is 11.7. The van der Waals surface area contributed by atoms with Gasteiger partial charge in [-0.2, -0.15) is 0 Å². The van der Waals surface area contributed by atoms with E-state index < -0.39 is 6.10 Å². The fourth-order valence-corrected chi connectivity index (χ4v) is 2.08. The zero-order valence-corrected chi connectivity index (χ0v) is 11.3. The smallest absolute Gasteiger partial charge is 0.249 e. The van der Waals surface area contributed by atoms with Gasteiger partial charge in [0.2, 0.25) is 5.91 Å². The number of hydrogen-bond acceptors (Lipinski definition) is 2. The van der Waals surface area contributed by atoms with Gasteiger partial charge in [0.15, 0.2) is 0 Å². The average Bonchev–Trinajstić information content (AvgIpc) is 2.77. The molecule has 0 spiro atoms. The molecule has 0 saturated heterocycles. The Morgan fingerprint density at radius 3 is 2.79 bits per heavy atom. The number of fused-ring (bicyclic) bond motifs is 1. The number of nitrogens with one attached hydrogen (secondary N) is 2. The van der Waals surface area contributed by atoms with Crippen molar-refractivity contribution >= 4 is 16.8 Å². The lowest BCUT2D eigenvalue weighted by molar-refractivity contribution is -0.130. The van der Waals surface area contributed by atoms with E-state index in [1.165, 1.54) is 0 Å². The minimum Gasteiger partial charge on any atom is -0.383 e. The third-order valence-corrected chi connectivity index (χ3v) is 3.04. The number of H-pyrrole nitrogens is 1. The van der Waals surface area contributed by atoms with Gasteiger partial charge in [-0.05, 0) is 29.9 Å². The molecule has 0 saturated carbocycles. The molecule has 1 aromatic heterocycles. The van der Waals surface area contributed by atoms with E-state index in [2.05, 4.69) is 10.3 Å². The molecule has 0 radical (unpaired) electrons. The standard InChI is InChI=1S/C15H20N2O2/c1-10(2)7-14(18)15(19)16-9-12-8-11-5-3-4-6-13(11)17-12/h3-6,8,10,14,17-18H,7,9H2,1-2H3,(H,16,19)/t14-/m1/s1. The van der Waals surface area contributed by atoms with Crippen molar-refractivity contribution in [1.82, 2.24) is 10.3 Å². The van der Waals surface area contributed by atoms with Crippen LogP contribution in [0.4, 0.5) is 0 Å². The first-order valence-electron chi connectivity index (χ1n) is 6.58. The van der Waals surface area contributed by atoms with Crippen molar-refractivity contribution in [2.75, 3.05) is 0 Å². The molecule has 0 aliphatic heterocycles. The SMILES string of the molecule is CC(C)C[C@@H](O)C(=O)NCc1cc2ccccc2[nH]1. The third kappa shape index (κ3) is 3.58. The van der Waals surface area contributed by atoms with Crippen LogP contribution in [-0.2, 0) is 11.3 Å². The van der Waals surface area contributed by atoms with Gasteiger partial charge in [0, 0.05) is 11.2 Å². The molecule has 19 heavy (non-hydrogen) atoms. The molecule has 102 valence electrons. The summed E-state index contributed by atoms with van der Waals surface area (Å²) in [7, 11) is 0. The summed E-state index contributed by atoms with van der Waals surface area (Å²) in [5, 5.41) is 13.5. The van der Waals surface area contributed by atoms with E-state index in [4.69, 9.17) is 0 Å². The van der Waals surface area contributed by atoms with Crippen molar-refractivity contribution < 1.29 is 9.90 Å². The highest BCUT2D eigenvalue weighted by Crippen LogP contribution is 2.14. The van der Waals surface area contributed by atoms with Crippen molar-refractivity contribution in [2.45, 2.75) is 32.9 Å². The Labute approximate surface area is 112 Å². The second kappa shape index (κ2) is 5.89. The number of aliphatic hydroxyl groups excluding tert-OH is 1. The number of aromatic amines is 1. The summed E-state index contributed by atoms with van der Waals surface area (Å²) in [6.45, 7) is 4.37. The molecule has 4 heteroatoms. The van der Waals surface area contributed by atoms with Crippen molar-refractivity contribution in [1.29, 1.82) is 0 Å². The van der Waals surface area contributed by atoms with Crippen LogP contribution < -0.4 is 5.32 Å². The first-order chi connectivity index (χ1) is 9.06. The predicted octanol–water partition coefficient (Wildman–Crippen LogP) is 2.19. The summed E-state index contributed by atoms with van der Waals surface area (Å²) in [5.74, 6) is -0.0128. The Kier molecular flexibility index (Phi) is 4.22. The zero-order chi connectivity index (χ0) is 13.8. The van der Waals surface area contributed by atoms with E-state index in [9.17, 15) is 9.90 Å². The number of aliphatic hydroxyl groups is 1. The Morgan fingerprint density at radius 1 is 1.37 bits per heavy atom. The largest absolute Gasteiger partial charge is 0.383 e. The molecule has 0 fully saturated rings.